The number of benzene rings is 1. The van der Waals surface area contributed by atoms with Gasteiger partial charge in [0, 0.05) is 55.8 Å². The molecular formula is C38H46N2O2S4. The van der Waals surface area contributed by atoms with Gasteiger partial charge in [-0.25, -0.2) is 0 Å². The Morgan fingerprint density at radius 1 is 1.04 bits per heavy atom. The molecule has 5 unspecified atom stereocenters. The highest BCUT2D eigenvalue weighted by Crippen LogP contribution is 2.44. The van der Waals surface area contributed by atoms with E-state index in [1.165, 1.54) is 16.8 Å². The summed E-state index contributed by atoms with van der Waals surface area (Å²) in [4.78, 5) is 0. The van der Waals surface area contributed by atoms with E-state index in [4.69, 9.17) is 33.9 Å². The Balaban J connectivity index is 1.34. The Kier molecular flexibility index (Phi) is 11.2. The summed E-state index contributed by atoms with van der Waals surface area (Å²) in [6.45, 7) is 11.2. The second kappa shape index (κ2) is 14.7. The quantitative estimate of drug-likeness (QED) is 0.250. The number of hydrogen-bond donors (Lipinski definition) is 1. The number of hydrogen-bond acceptors (Lipinski definition) is 7. The van der Waals surface area contributed by atoms with Gasteiger partial charge in [0.15, 0.2) is 3.95 Å². The van der Waals surface area contributed by atoms with Gasteiger partial charge in [0.05, 0.1) is 19.3 Å². The minimum Gasteiger partial charge on any atom is -0.497 e. The summed E-state index contributed by atoms with van der Waals surface area (Å²) in [6.07, 6.45) is 24.0. The fraction of sp³-hybridized carbons (Fsp3) is 0.421. The Hall–Kier alpha value is -2.49. The molecule has 2 aromatic rings. The van der Waals surface area contributed by atoms with Crippen LogP contribution in [0.25, 0.3) is 5.69 Å². The summed E-state index contributed by atoms with van der Waals surface area (Å²) in [6, 6.07) is 8.27. The number of methoxy groups -OCH3 is 2. The van der Waals surface area contributed by atoms with Crippen molar-refractivity contribution in [1.82, 2.24) is 9.88 Å². The predicted molar refractivity (Wildman–Crippen MR) is 204 cm³/mol. The van der Waals surface area contributed by atoms with Crippen molar-refractivity contribution in [2.45, 2.75) is 76.7 Å². The molecule has 1 N–H and O–H groups in total. The van der Waals surface area contributed by atoms with Crippen LogP contribution in [0.4, 0.5) is 0 Å². The monoisotopic (exact) mass is 690 g/mol. The van der Waals surface area contributed by atoms with Crippen molar-refractivity contribution in [1.29, 1.82) is 0 Å². The lowest BCUT2D eigenvalue weighted by molar-refractivity contribution is 0.0773. The summed E-state index contributed by atoms with van der Waals surface area (Å²) >= 11 is 14.7. The molecule has 1 heterocycles. The molecule has 0 spiro atoms. The fourth-order valence-corrected chi connectivity index (χ4v) is 9.10. The number of nitrogens with zero attached hydrogens (tertiary/aromatic N) is 1. The molecule has 0 aliphatic heterocycles. The second-order valence-electron chi connectivity index (χ2n) is 13.0. The van der Waals surface area contributed by atoms with E-state index < -0.39 is 0 Å². The highest BCUT2D eigenvalue weighted by atomic mass is 32.2. The largest absolute Gasteiger partial charge is 0.497 e. The molecule has 0 saturated carbocycles. The molecule has 3 aliphatic carbocycles. The van der Waals surface area contributed by atoms with Crippen molar-refractivity contribution in [3.8, 4) is 11.4 Å². The fourth-order valence-electron chi connectivity index (χ4n) is 6.52. The number of thiocarbonyl (C=S) groups is 1. The van der Waals surface area contributed by atoms with Crippen molar-refractivity contribution in [2.24, 2.45) is 11.3 Å². The van der Waals surface area contributed by atoms with E-state index in [9.17, 15) is 0 Å². The molecule has 5 rings (SSSR count). The van der Waals surface area contributed by atoms with E-state index in [-0.39, 0.29) is 28.2 Å². The lowest BCUT2D eigenvalue weighted by atomic mass is 9.70. The van der Waals surface area contributed by atoms with Gasteiger partial charge < -0.3 is 14.8 Å². The third-order valence-corrected chi connectivity index (χ3v) is 12.1. The third kappa shape index (κ3) is 7.63. The molecule has 0 amide bonds. The van der Waals surface area contributed by atoms with Crippen LogP contribution in [0.3, 0.4) is 0 Å². The summed E-state index contributed by atoms with van der Waals surface area (Å²) < 4.78 is 15.1. The molecule has 4 nitrogen and oxygen atoms in total. The molecule has 1 aromatic carbocycles. The summed E-state index contributed by atoms with van der Waals surface area (Å²) in [5.74, 6) is 1.21. The van der Waals surface area contributed by atoms with Crippen LogP contribution in [0, 0.1) is 15.3 Å². The lowest BCUT2D eigenvalue weighted by Crippen LogP contribution is -2.38. The van der Waals surface area contributed by atoms with Gasteiger partial charge in [-0.2, -0.15) is 0 Å². The Bertz CT molecular complexity index is 1670. The van der Waals surface area contributed by atoms with Crippen LogP contribution in [0.5, 0.6) is 5.75 Å². The number of allylic oxidation sites excluding steroid dienone is 7. The normalized spacial score (nSPS) is 27.2. The molecule has 0 bridgehead atoms. The number of rotatable bonds is 10. The van der Waals surface area contributed by atoms with E-state index in [1.54, 1.807) is 37.3 Å². The molecule has 6 atom stereocenters. The van der Waals surface area contributed by atoms with Gasteiger partial charge in [-0.3, -0.25) is 4.57 Å². The molecule has 46 heavy (non-hydrogen) atoms. The van der Waals surface area contributed by atoms with Gasteiger partial charge in [0.1, 0.15) is 5.75 Å². The molecule has 244 valence electrons. The molecule has 3 aliphatic rings. The minimum absolute atomic E-state index is 0.0747. The molecular weight excluding hydrogens is 645 g/mol. The molecule has 0 saturated heterocycles. The average Bonchev–Trinajstić information content (AvgIpc) is 3.35. The third-order valence-electron chi connectivity index (χ3n) is 9.59. The van der Waals surface area contributed by atoms with E-state index in [1.807, 2.05) is 19.1 Å². The maximum absolute atomic E-state index is 5.79. The molecule has 0 fully saturated rings. The van der Waals surface area contributed by atoms with Crippen LogP contribution in [0.15, 0.2) is 101 Å². The summed E-state index contributed by atoms with van der Waals surface area (Å²) in [5, 5.41) is 6.37. The Labute approximate surface area is 294 Å². The van der Waals surface area contributed by atoms with Gasteiger partial charge in [-0.1, -0.05) is 88.5 Å². The zero-order valence-electron chi connectivity index (χ0n) is 27.9. The topological polar surface area (TPSA) is 35.4 Å². The summed E-state index contributed by atoms with van der Waals surface area (Å²) in [5.41, 5.74) is 5.86. The zero-order valence-corrected chi connectivity index (χ0v) is 31.2. The highest BCUT2D eigenvalue weighted by Gasteiger charge is 2.35. The lowest BCUT2D eigenvalue weighted by Gasteiger charge is -2.37. The number of aromatic nitrogens is 1. The van der Waals surface area contributed by atoms with Crippen molar-refractivity contribution in [3.05, 3.63) is 111 Å². The maximum Gasteiger partial charge on any atom is 0.165 e. The van der Waals surface area contributed by atoms with Gasteiger partial charge in [-0.15, -0.1) is 23.1 Å². The minimum atomic E-state index is -0.160. The van der Waals surface area contributed by atoms with Crippen LogP contribution in [0.1, 0.15) is 59.6 Å². The van der Waals surface area contributed by atoms with Crippen molar-refractivity contribution >= 4 is 51.7 Å². The van der Waals surface area contributed by atoms with Crippen LogP contribution in [-0.2, 0) is 10.2 Å². The Morgan fingerprint density at radius 2 is 1.76 bits per heavy atom. The van der Waals surface area contributed by atoms with Gasteiger partial charge >= 0.3 is 0 Å². The van der Waals surface area contributed by atoms with Crippen molar-refractivity contribution in [3.63, 3.8) is 0 Å². The average molecular weight is 691 g/mol. The number of ether oxygens (including phenoxy) is 2. The van der Waals surface area contributed by atoms with E-state index >= 15 is 0 Å². The highest BCUT2D eigenvalue weighted by molar-refractivity contribution is 8.23. The van der Waals surface area contributed by atoms with Crippen LogP contribution in [0.2, 0.25) is 0 Å². The smallest absolute Gasteiger partial charge is 0.165 e. The van der Waals surface area contributed by atoms with Crippen LogP contribution in [-0.4, -0.2) is 40.4 Å². The van der Waals surface area contributed by atoms with Gasteiger partial charge in [0.2, 0.25) is 0 Å². The number of thioether (sulfide) groups is 1. The summed E-state index contributed by atoms with van der Waals surface area (Å²) in [7, 11) is 3.49. The SMILES string of the molecule is COc1ccc(-n2c(C3(C)C=CC(C4(C)C=CC(C(NC5=CCC(OC)[C@H](C)C=C5)C(C)SC(C)=S)=CC4)=CC3)csc2=S)cc1. The molecule has 1 aromatic heterocycles. The number of nitrogens with one attached hydrogen (secondary N) is 1. The van der Waals surface area contributed by atoms with Crippen molar-refractivity contribution in [2.75, 3.05) is 14.2 Å². The molecule has 8 heteroatoms. The Morgan fingerprint density at radius 3 is 2.37 bits per heavy atom. The second-order valence-corrected chi connectivity index (χ2v) is 17.0. The van der Waals surface area contributed by atoms with E-state index in [0.29, 0.717) is 5.92 Å². The zero-order chi connectivity index (χ0) is 33.1. The number of thiazole rings is 1. The molecule has 0 radical (unpaired) electrons. The van der Waals surface area contributed by atoms with E-state index in [2.05, 4.69) is 110 Å². The van der Waals surface area contributed by atoms with Gasteiger partial charge in [0.25, 0.3) is 0 Å². The first kappa shape index (κ1) is 34.8. The first-order valence-electron chi connectivity index (χ1n) is 16.0. The standard InChI is InChI=1S/C38H46N2O2S4/c1-25-8-9-30(10-15-33(25)42-7)39-35(26(2)46-27(3)43)28-16-20-37(4,21-17-28)29-18-22-38(5,23-19-29)34-24-45-36(44)40(34)31-11-13-32(41-6)14-12-31/h8-14,16-20,22,24-26,33,35,39H,15,21,23H2,1-7H3/t25-,26?,33?,35?,37?,38?/m1/s1. The first-order chi connectivity index (χ1) is 22.0. The van der Waals surface area contributed by atoms with Gasteiger partial charge in [-0.05, 0) is 79.9 Å². The van der Waals surface area contributed by atoms with Crippen LogP contribution < -0.4 is 10.1 Å². The first-order valence-corrected chi connectivity index (χ1v) is 18.5. The van der Waals surface area contributed by atoms with Crippen LogP contribution >= 0.6 is 47.5 Å². The van der Waals surface area contributed by atoms with Crippen molar-refractivity contribution < 1.29 is 9.47 Å². The van der Waals surface area contributed by atoms with E-state index in [0.717, 1.165) is 44.5 Å². The maximum atomic E-state index is 5.79. The predicted octanol–water partition coefficient (Wildman–Crippen LogP) is 10.2.